The van der Waals surface area contributed by atoms with Crippen LogP contribution in [0.4, 0.5) is 0 Å². The van der Waals surface area contributed by atoms with Gasteiger partial charge in [-0.25, -0.2) is 0 Å². The van der Waals surface area contributed by atoms with E-state index in [9.17, 15) is 4.79 Å². The fourth-order valence-corrected chi connectivity index (χ4v) is 4.42. The molecule has 0 fully saturated rings. The van der Waals surface area contributed by atoms with E-state index in [1.54, 1.807) is 43.5 Å². The second-order valence-corrected chi connectivity index (χ2v) is 8.83. The Hall–Kier alpha value is -1.69. The zero-order chi connectivity index (χ0) is 21.0. The average molecular weight is 488 g/mol. The summed E-state index contributed by atoms with van der Waals surface area (Å²) in [5.41, 5.74) is 1.58. The maximum Gasteiger partial charge on any atom is 0.195 e. The van der Waals surface area contributed by atoms with E-state index in [0.717, 1.165) is 11.1 Å². The number of carbonyl (C=O) groups excluding carboxylic acids is 1. The number of hydrogen-bond acceptors (Lipinski definition) is 4. The van der Waals surface area contributed by atoms with Gasteiger partial charge in [-0.2, -0.15) is 0 Å². The van der Waals surface area contributed by atoms with Crippen LogP contribution in [0, 0.1) is 0 Å². The van der Waals surface area contributed by atoms with E-state index < -0.39 is 0 Å². The number of carbonyl (C=O) groups is 1. The monoisotopic (exact) mass is 486 g/mol. The topological polar surface area (TPSA) is 35.5 Å². The molecule has 29 heavy (non-hydrogen) atoms. The molecule has 8 heteroatoms. The highest BCUT2D eigenvalue weighted by atomic mass is 35.5. The van der Waals surface area contributed by atoms with E-state index in [1.165, 1.54) is 17.4 Å². The van der Waals surface area contributed by atoms with Crippen molar-refractivity contribution in [3.05, 3.63) is 83.9 Å². The van der Waals surface area contributed by atoms with E-state index in [1.807, 2.05) is 12.1 Å². The Labute approximate surface area is 192 Å². The summed E-state index contributed by atoms with van der Waals surface area (Å²) in [5, 5.41) is 1.06. The first-order valence-electron chi connectivity index (χ1n) is 8.29. The summed E-state index contributed by atoms with van der Waals surface area (Å²) in [5.74, 6) is 0.862. The highest BCUT2D eigenvalue weighted by Crippen LogP contribution is 2.37. The molecule has 0 aliphatic carbocycles. The van der Waals surface area contributed by atoms with E-state index in [-0.39, 0.29) is 12.4 Å². The number of ketones is 1. The third-order valence-corrected chi connectivity index (χ3v) is 5.91. The first-order chi connectivity index (χ1) is 13.9. The normalized spacial score (nSPS) is 11.1. The van der Waals surface area contributed by atoms with Crippen molar-refractivity contribution in [2.45, 2.75) is 6.61 Å². The number of methoxy groups -OCH3 is 1. The molecule has 0 aliphatic rings. The van der Waals surface area contributed by atoms with Crippen LogP contribution in [-0.4, -0.2) is 12.9 Å². The van der Waals surface area contributed by atoms with Crippen molar-refractivity contribution >= 4 is 69.6 Å². The summed E-state index contributed by atoms with van der Waals surface area (Å²) in [7, 11) is 1.57. The van der Waals surface area contributed by atoms with Crippen molar-refractivity contribution in [1.82, 2.24) is 0 Å². The largest absolute Gasteiger partial charge is 0.496 e. The average Bonchev–Trinajstić information content (AvgIpc) is 3.12. The van der Waals surface area contributed by atoms with Crippen molar-refractivity contribution in [2.24, 2.45) is 0 Å². The van der Waals surface area contributed by atoms with Gasteiger partial charge in [0.25, 0.3) is 0 Å². The van der Waals surface area contributed by atoms with E-state index in [2.05, 4.69) is 0 Å². The predicted octanol–water partition coefficient (Wildman–Crippen LogP) is 7.85. The van der Waals surface area contributed by atoms with Gasteiger partial charge in [0.05, 0.1) is 26.4 Å². The lowest BCUT2D eigenvalue weighted by Crippen LogP contribution is -2.00. The number of rotatable bonds is 7. The number of allylic oxidation sites excluding steroid dienone is 1. The van der Waals surface area contributed by atoms with Gasteiger partial charge >= 0.3 is 0 Å². The van der Waals surface area contributed by atoms with Crippen LogP contribution in [0.1, 0.15) is 20.8 Å². The Morgan fingerprint density at radius 3 is 2.38 bits per heavy atom. The third kappa shape index (κ3) is 5.68. The van der Waals surface area contributed by atoms with Crippen LogP contribution in [0.25, 0.3) is 6.08 Å². The number of hydrogen-bond donors (Lipinski definition) is 0. The zero-order valence-corrected chi connectivity index (χ0v) is 18.9. The molecule has 0 spiro atoms. The van der Waals surface area contributed by atoms with Gasteiger partial charge in [-0.1, -0.05) is 58.5 Å². The molecule has 0 amide bonds. The molecule has 3 aromatic rings. The van der Waals surface area contributed by atoms with Gasteiger partial charge in [0.1, 0.15) is 12.4 Å². The fraction of sp³-hybridized carbons (Fsp3) is 0.0952. The van der Waals surface area contributed by atoms with Crippen LogP contribution < -0.4 is 9.47 Å². The van der Waals surface area contributed by atoms with Crippen LogP contribution in [0.3, 0.4) is 0 Å². The lowest BCUT2D eigenvalue weighted by Gasteiger charge is -2.13. The van der Waals surface area contributed by atoms with Crippen molar-refractivity contribution in [1.29, 1.82) is 0 Å². The second-order valence-electron chi connectivity index (χ2n) is 5.86. The third-order valence-electron chi connectivity index (χ3n) is 3.88. The molecule has 0 N–H and O–H groups in total. The minimum Gasteiger partial charge on any atom is -0.496 e. The molecule has 1 heterocycles. The summed E-state index contributed by atoms with van der Waals surface area (Å²) in [6.07, 6.45) is 3.22. The van der Waals surface area contributed by atoms with Gasteiger partial charge in [-0.05, 0) is 48.0 Å². The van der Waals surface area contributed by atoms with E-state index >= 15 is 0 Å². The molecule has 3 rings (SSSR count). The molecular weight excluding hydrogens is 474 g/mol. The summed E-state index contributed by atoms with van der Waals surface area (Å²) in [6.45, 7) is 0.167. The second kappa shape index (κ2) is 9.88. The number of ether oxygens (including phenoxy) is 2. The zero-order valence-electron chi connectivity index (χ0n) is 15.0. The molecule has 0 atom stereocenters. The molecule has 150 valence electrons. The fourth-order valence-electron chi connectivity index (χ4n) is 2.53. The number of halogens is 4. The molecule has 0 saturated heterocycles. The Morgan fingerprint density at radius 2 is 1.76 bits per heavy atom. The highest BCUT2D eigenvalue weighted by molar-refractivity contribution is 7.18. The molecule has 0 saturated carbocycles. The maximum absolute atomic E-state index is 12.2. The van der Waals surface area contributed by atoms with Crippen molar-refractivity contribution in [2.75, 3.05) is 7.11 Å². The van der Waals surface area contributed by atoms with Crippen LogP contribution in [0.15, 0.2) is 48.5 Å². The summed E-state index contributed by atoms with van der Waals surface area (Å²) < 4.78 is 11.8. The van der Waals surface area contributed by atoms with Crippen LogP contribution >= 0.6 is 57.7 Å². The highest BCUT2D eigenvalue weighted by Gasteiger charge is 2.12. The van der Waals surface area contributed by atoms with Gasteiger partial charge in [-0.3, -0.25) is 4.79 Å². The Morgan fingerprint density at radius 1 is 1.03 bits per heavy atom. The summed E-state index contributed by atoms with van der Waals surface area (Å²) in [6, 6.07) is 12.0. The van der Waals surface area contributed by atoms with Crippen LogP contribution in [-0.2, 0) is 6.61 Å². The van der Waals surface area contributed by atoms with Crippen LogP contribution in [0.5, 0.6) is 11.5 Å². The molecule has 2 aromatic carbocycles. The molecule has 0 aliphatic heterocycles. The first kappa shape index (κ1) is 22.0. The SMILES string of the molecule is COc1ccc(/C=C/C(=O)c2ccc(Cl)s2)cc1COc1c(Cl)cc(Cl)cc1Cl. The molecule has 1 aromatic heterocycles. The van der Waals surface area contributed by atoms with E-state index in [0.29, 0.717) is 35.8 Å². The molecule has 0 unspecified atom stereocenters. The van der Waals surface area contributed by atoms with Gasteiger partial charge in [0.2, 0.25) is 0 Å². The van der Waals surface area contributed by atoms with Crippen molar-refractivity contribution in [3.8, 4) is 11.5 Å². The molecule has 0 bridgehead atoms. The predicted molar refractivity (Wildman–Crippen MR) is 121 cm³/mol. The van der Waals surface area contributed by atoms with Crippen LogP contribution in [0.2, 0.25) is 19.4 Å². The Balaban J connectivity index is 1.78. The standard InChI is InChI=1S/C21H14Cl4O3S/c1-27-18-5-3-12(2-4-17(26)19-6-7-20(25)29-19)8-13(18)11-28-21-15(23)9-14(22)10-16(21)24/h2-10H,11H2,1H3/b4-2+. The molecule has 3 nitrogen and oxygen atoms in total. The number of thiophene rings is 1. The first-order valence-corrected chi connectivity index (χ1v) is 10.6. The Kier molecular flexibility index (Phi) is 7.49. The quantitative estimate of drug-likeness (QED) is 0.251. The number of benzene rings is 2. The van der Waals surface area contributed by atoms with Gasteiger partial charge < -0.3 is 9.47 Å². The Bertz CT molecular complexity index is 1050. The lowest BCUT2D eigenvalue weighted by molar-refractivity contribution is 0.105. The van der Waals surface area contributed by atoms with Gasteiger partial charge in [0, 0.05) is 10.6 Å². The summed E-state index contributed by atoms with van der Waals surface area (Å²) in [4.78, 5) is 12.8. The van der Waals surface area contributed by atoms with Crippen molar-refractivity contribution in [3.63, 3.8) is 0 Å². The van der Waals surface area contributed by atoms with E-state index in [4.69, 9.17) is 55.9 Å². The molecule has 0 radical (unpaired) electrons. The smallest absolute Gasteiger partial charge is 0.195 e. The van der Waals surface area contributed by atoms with Gasteiger partial charge in [0.15, 0.2) is 11.5 Å². The summed E-state index contributed by atoms with van der Waals surface area (Å²) >= 11 is 25.4. The molecular formula is C21H14Cl4O3S. The maximum atomic E-state index is 12.2. The minimum atomic E-state index is -0.116. The minimum absolute atomic E-state index is 0.116. The lowest BCUT2D eigenvalue weighted by atomic mass is 10.1. The van der Waals surface area contributed by atoms with Gasteiger partial charge in [-0.15, -0.1) is 11.3 Å². The van der Waals surface area contributed by atoms with Crippen molar-refractivity contribution < 1.29 is 14.3 Å².